The third kappa shape index (κ3) is 4.39. The van der Waals surface area contributed by atoms with Gasteiger partial charge < -0.3 is 20.4 Å². The number of amides is 2. The van der Waals surface area contributed by atoms with Gasteiger partial charge in [-0.15, -0.1) is 0 Å². The molecule has 1 saturated heterocycles. The molecule has 2 heterocycles. The van der Waals surface area contributed by atoms with Gasteiger partial charge in [-0.05, 0) is 47.5 Å². The lowest BCUT2D eigenvalue weighted by atomic mass is 9.98. The average Bonchev–Trinajstić information content (AvgIpc) is 3.22. The van der Waals surface area contributed by atoms with E-state index in [0.29, 0.717) is 51.8 Å². The molecule has 1 aliphatic heterocycles. The first-order valence-electron chi connectivity index (χ1n) is 10.7. The number of anilines is 1. The van der Waals surface area contributed by atoms with Gasteiger partial charge in [-0.3, -0.25) is 14.4 Å². The van der Waals surface area contributed by atoms with Crippen LogP contribution in [0.15, 0.2) is 48.5 Å². The van der Waals surface area contributed by atoms with Crippen molar-refractivity contribution in [2.45, 2.75) is 0 Å². The number of carbonyl (C=O) groups excluding carboxylic acids is 3. The minimum atomic E-state index is -0.569. The number of aromatic amines is 1. The molecule has 0 saturated carbocycles. The van der Waals surface area contributed by atoms with Gasteiger partial charge in [0.1, 0.15) is 5.75 Å². The van der Waals surface area contributed by atoms with Crippen molar-refractivity contribution in [2.75, 3.05) is 29.1 Å². The summed E-state index contributed by atoms with van der Waals surface area (Å²) >= 11 is 10.8. The molecule has 1 aliphatic rings. The Morgan fingerprint density at radius 2 is 1.94 bits per heavy atom. The fraction of sp³-hybridized carbons (Fsp3) is 0.160. The van der Waals surface area contributed by atoms with E-state index in [9.17, 15) is 14.4 Å². The van der Waals surface area contributed by atoms with E-state index in [1.807, 2.05) is 24.3 Å². The second kappa shape index (κ2) is 9.56. The van der Waals surface area contributed by atoms with E-state index in [1.54, 1.807) is 24.3 Å². The lowest BCUT2D eigenvalue weighted by molar-refractivity contribution is -0.131. The Morgan fingerprint density at radius 3 is 2.69 bits per heavy atom. The van der Waals surface area contributed by atoms with E-state index < -0.39 is 16.9 Å². The zero-order valence-corrected chi connectivity index (χ0v) is 21.4. The highest BCUT2D eigenvalue weighted by atomic mass is 79.9. The molecule has 0 atom stereocenters. The maximum atomic E-state index is 12.4. The summed E-state index contributed by atoms with van der Waals surface area (Å²) in [6.07, 6.45) is 0. The highest BCUT2D eigenvalue weighted by Gasteiger charge is 2.28. The Kier molecular flexibility index (Phi) is 6.48. The smallest absolute Gasteiger partial charge is 0.305 e. The van der Waals surface area contributed by atoms with Crippen LogP contribution in [0.2, 0.25) is 5.02 Å². The summed E-state index contributed by atoms with van der Waals surface area (Å²) in [6, 6.07) is 14.7. The van der Waals surface area contributed by atoms with Crippen molar-refractivity contribution >= 4 is 83.7 Å². The predicted octanol–water partition coefficient (Wildman–Crippen LogP) is 5.12. The Bertz CT molecular complexity index is 1520. The van der Waals surface area contributed by atoms with E-state index in [-0.39, 0.29) is 0 Å². The van der Waals surface area contributed by atoms with E-state index in [2.05, 4.69) is 20.9 Å². The first-order valence-corrected chi connectivity index (χ1v) is 13.2. The maximum Gasteiger partial charge on any atom is 0.305 e. The van der Waals surface area contributed by atoms with E-state index >= 15 is 0 Å². The van der Waals surface area contributed by atoms with Gasteiger partial charge >= 0.3 is 5.91 Å². The van der Waals surface area contributed by atoms with Crippen LogP contribution < -0.4 is 15.4 Å². The molecule has 4 aromatic rings. The average molecular weight is 573 g/mol. The number of thioether (sulfide) groups is 1. The van der Waals surface area contributed by atoms with Crippen LogP contribution in [-0.4, -0.2) is 46.1 Å². The van der Waals surface area contributed by atoms with Crippen LogP contribution in [-0.2, 0) is 9.59 Å². The van der Waals surface area contributed by atoms with Gasteiger partial charge in [0, 0.05) is 39.6 Å². The van der Waals surface area contributed by atoms with Crippen molar-refractivity contribution in [1.29, 1.82) is 0 Å². The highest BCUT2D eigenvalue weighted by Crippen LogP contribution is 2.37. The summed E-state index contributed by atoms with van der Waals surface area (Å²) in [7, 11) is 0. The monoisotopic (exact) mass is 571 g/mol. The van der Waals surface area contributed by atoms with E-state index in [0.717, 1.165) is 39.2 Å². The number of nitrogens with one attached hydrogen (secondary N) is 1. The Morgan fingerprint density at radius 1 is 1.11 bits per heavy atom. The van der Waals surface area contributed by atoms with Crippen LogP contribution in [0.4, 0.5) is 5.69 Å². The summed E-state index contributed by atoms with van der Waals surface area (Å²) < 4.78 is 5.62. The second-order valence-electron chi connectivity index (χ2n) is 7.94. The summed E-state index contributed by atoms with van der Waals surface area (Å²) in [5, 5.41) is 2.36. The molecular weight excluding hydrogens is 554 g/mol. The van der Waals surface area contributed by atoms with Crippen molar-refractivity contribution in [2.24, 2.45) is 5.73 Å². The molecule has 3 aromatic carbocycles. The number of hydrogen-bond donors (Lipinski definition) is 2. The molecule has 0 radical (unpaired) electrons. The molecule has 0 unspecified atom stereocenters. The lowest BCUT2D eigenvalue weighted by Crippen LogP contribution is -2.41. The van der Waals surface area contributed by atoms with Crippen LogP contribution in [0.3, 0.4) is 0 Å². The molecule has 0 bridgehead atoms. The second-order valence-corrected chi connectivity index (χ2v) is 10.2. The molecule has 178 valence electrons. The maximum absolute atomic E-state index is 12.4. The van der Waals surface area contributed by atoms with Crippen LogP contribution in [0.25, 0.3) is 32.9 Å². The quantitative estimate of drug-likeness (QED) is 0.246. The number of halogens is 2. The predicted molar refractivity (Wildman–Crippen MR) is 144 cm³/mol. The SMILES string of the molecule is NC(=O)c1cc(-c2ccc(OCCBr)c(Cl)c2)cc2c1[nH]c1cc(N3CCSC(=O)C3=O)ccc12. The van der Waals surface area contributed by atoms with E-state index in [1.165, 1.54) is 4.90 Å². The number of nitrogens with two attached hydrogens (primary N) is 1. The normalized spacial score (nSPS) is 14.2. The Balaban J connectivity index is 1.62. The third-order valence-electron chi connectivity index (χ3n) is 5.84. The summed E-state index contributed by atoms with van der Waals surface area (Å²) in [5.41, 5.74) is 9.62. The number of carbonyl (C=O) groups is 3. The molecule has 2 amide bonds. The third-order valence-corrected chi connectivity index (χ3v) is 7.28. The zero-order chi connectivity index (χ0) is 24.7. The standard InChI is InChI=1S/C25H19BrClN3O4S/c26-5-7-34-21-4-1-13(11-19(21)27)14-9-17-16-3-2-15(30-6-8-35-25(33)24(30)32)12-20(16)29-22(17)18(10-14)23(28)31/h1-4,9-12,29H,5-8H2,(H2,28,31). The molecule has 0 spiro atoms. The zero-order valence-electron chi connectivity index (χ0n) is 18.3. The number of benzene rings is 3. The lowest BCUT2D eigenvalue weighted by Gasteiger charge is -2.25. The van der Waals surface area contributed by atoms with Gasteiger partial charge in [-0.1, -0.05) is 51.4 Å². The summed E-state index contributed by atoms with van der Waals surface area (Å²) in [4.78, 5) is 41.3. The van der Waals surface area contributed by atoms with Gasteiger partial charge in [0.05, 0.1) is 22.7 Å². The highest BCUT2D eigenvalue weighted by molar-refractivity contribution is 9.09. The number of primary amides is 1. The largest absolute Gasteiger partial charge is 0.491 e. The minimum Gasteiger partial charge on any atom is -0.491 e. The van der Waals surface area contributed by atoms with Crippen LogP contribution >= 0.6 is 39.3 Å². The van der Waals surface area contributed by atoms with Gasteiger partial charge in [0.2, 0.25) is 0 Å². The first-order chi connectivity index (χ1) is 16.9. The molecule has 1 fully saturated rings. The molecule has 0 aliphatic carbocycles. The van der Waals surface area contributed by atoms with Gasteiger partial charge in [-0.25, -0.2) is 0 Å². The van der Waals surface area contributed by atoms with Crippen LogP contribution in [0.5, 0.6) is 5.75 Å². The van der Waals surface area contributed by atoms with Crippen molar-refractivity contribution in [3.63, 3.8) is 0 Å². The number of alkyl halides is 1. The molecular formula is C25H19BrClN3O4S. The number of rotatable bonds is 6. The number of ether oxygens (including phenoxy) is 1. The molecule has 7 nitrogen and oxygen atoms in total. The number of H-pyrrole nitrogens is 1. The molecule has 3 N–H and O–H groups in total. The number of aromatic nitrogens is 1. The van der Waals surface area contributed by atoms with E-state index in [4.69, 9.17) is 22.1 Å². The van der Waals surface area contributed by atoms with Crippen molar-refractivity contribution < 1.29 is 19.1 Å². The minimum absolute atomic E-state index is 0.339. The van der Waals surface area contributed by atoms with Crippen molar-refractivity contribution in [3.8, 4) is 16.9 Å². The van der Waals surface area contributed by atoms with Crippen LogP contribution in [0.1, 0.15) is 10.4 Å². The fourth-order valence-electron chi connectivity index (χ4n) is 4.22. The molecule has 35 heavy (non-hydrogen) atoms. The fourth-order valence-corrected chi connectivity index (χ4v) is 5.31. The summed E-state index contributed by atoms with van der Waals surface area (Å²) in [6.45, 7) is 0.942. The topological polar surface area (TPSA) is 105 Å². The van der Waals surface area contributed by atoms with Crippen molar-refractivity contribution in [3.05, 3.63) is 59.1 Å². The molecule has 5 rings (SSSR count). The summed E-state index contributed by atoms with van der Waals surface area (Å²) in [5.74, 6) is 0.0282. The number of hydrogen-bond acceptors (Lipinski definition) is 5. The Hall–Kier alpha value is -3.01. The number of nitrogens with zero attached hydrogens (tertiary/aromatic N) is 1. The van der Waals surface area contributed by atoms with Crippen molar-refractivity contribution in [1.82, 2.24) is 4.98 Å². The first kappa shape index (κ1) is 23.7. The molecule has 10 heteroatoms. The molecule has 1 aromatic heterocycles. The Labute approximate surface area is 218 Å². The van der Waals surface area contributed by atoms with Gasteiger partial charge in [0.25, 0.3) is 11.0 Å². The van der Waals surface area contributed by atoms with Crippen LogP contribution in [0, 0.1) is 0 Å². The van der Waals surface area contributed by atoms with Gasteiger partial charge in [-0.2, -0.15) is 0 Å². The van der Waals surface area contributed by atoms with Gasteiger partial charge in [0.15, 0.2) is 0 Å². The number of fused-ring (bicyclic) bond motifs is 3.